The van der Waals surface area contributed by atoms with E-state index in [1.54, 1.807) is 0 Å². The molecule has 9 heavy (non-hydrogen) atoms. The molecule has 2 nitrogen and oxygen atoms in total. The molecule has 1 rings (SSSR count). The van der Waals surface area contributed by atoms with E-state index in [2.05, 4.69) is 21.2 Å². The molecule has 1 aliphatic heterocycles. The van der Waals surface area contributed by atoms with Crippen molar-refractivity contribution in [3.63, 3.8) is 0 Å². The summed E-state index contributed by atoms with van der Waals surface area (Å²) in [6, 6.07) is 0. The molecule has 1 heterocycles. The van der Waals surface area contributed by atoms with Crippen LogP contribution in [0.4, 0.5) is 0 Å². The van der Waals surface area contributed by atoms with Crippen molar-refractivity contribution in [3.05, 3.63) is 0 Å². The summed E-state index contributed by atoms with van der Waals surface area (Å²) in [7, 11) is 0. The summed E-state index contributed by atoms with van der Waals surface area (Å²) in [6.45, 7) is 2.09. The lowest BCUT2D eigenvalue weighted by Gasteiger charge is -2.31. The highest BCUT2D eigenvalue weighted by molar-refractivity contribution is 9.09. The van der Waals surface area contributed by atoms with E-state index in [-0.39, 0.29) is 5.54 Å². The van der Waals surface area contributed by atoms with Crippen LogP contribution in [0.2, 0.25) is 0 Å². The lowest BCUT2D eigenvalue weighted by atomic mass is 9.94. The molecule has 0 spiro atoms. The standard InChI is InChI=1S/C6H13BrN2/c7-4-6(8)2-1-3-9-5-6/h9H,1-5,8H2. The van der Waals surface area contributed by atoms with Crippen molar-refractivity contribution in [3.8, 4) is 0 Å². The molecule has 1 atom stereocenters. The van der Waals surface area contributed by atoms with Crippen molar-refractivity contribution in [2.45, 2.75) is 18.4 Å². The molecular formula is C6H13BrN2. The maximum atomic E-state index is 5.95. The van der Waals surface area contributed by atoms with Crippen LogP contribution in [-0.2, 0) is 0 Å². The van der Waals surface area contributed by atoms with Gasteiger partial charge in [0.2, 0.25) is 0 Å². The number of hydrogen-bond acceptors (Lipinski definition) is 2. The molecule has 1 unspecified atom stereocenters. The first kappa shape index (κ1) is 7.51. The van der Waals surface area contributed by atoms with Gasteiger partial charge in [0.15, 0.2) is 0 Å². The van der Waals surface area contributed by atoms with Crippen LogP contribution in [-0.4, -0.2) is 24.0 Å². The van der Waals surface area contributed by atoms with Crippen molar-refractivity contribution < 1.29 is 0 Å². The predicted octanol–water partition coefficient (Wildman–Crippen LogP) is 0.462. The summed E-state index contributed by atoms with van der Waals surface area (Å²) in [6.07, 6.45) is 2.35. The van der Waals surface area contributed by atoms with Gasteiger partial charge in [0.1, 0.15) is 0 Å². The lowest BCUT2D eigenvalue weighted by Crippen LogP contribution is -2.53. The third-order valence-electron chi connectivity index (χ3n) is 1.77. The number of halogens is 1. The molecule has 1 fully saturated rings. The maximum Gasteiger partial charge on any atom is 0.0379 e. The van der Waals surface area contributed by atoms with Gasteiger partial charge in [-0.1, -0.05) is 15.9 Å². The molecule has 1 saturated heterocycles. The summed E-state index contributed by atoms with van der Waals surface area (Å²) in [5.41, 5.74) is 5.98. The van der Waals surface area contributed by atoms with Gasteiger partial charge in [0.05, 0.1) is 0 Å². The third-order valence-corrected chi connectivity index (χ3v) is 2.89. The summed E-state index contributed by atoms with van der Waals surface area (Å²) in [4.78, 5) is 0. The van der Waals surface area contributed by atoms with E-state index in [4.69, 9.17) is 5.73 Å². The maximum absolute atomic E-state index is 5.95. The van der Waals surface area contributed by atoms with Gasteiger partial charge in [-0.05, 0) is 19.4 Å². The first-order chi connectivity index (χ1) is 4.27. The molecule has 0 aliphatic carbocycles. The Morgan fingerprint density at radius 1 is 1.67 bits per heavy atom. The van der Waals surface area contributed by atoms with Gasteiger partial charge in [0, 0.05) is 17.4 Å². The second-order valence-corrected chi connectivity index (χ2v) is 3.34. The average Bonchev–Trinajstić information content (AvgIpc) is 1.90. The van der Waals surface area contributed by atoms with Crippen LogP contribution in [0.25, 0.3) is 0 Å². The quantitative estimate of drug-likeness (QED) is 0.594. The Morgan fingerprint density at radius 2 is 2.44 bits per heavy atom. The van der Waals surface area contributed by atoms with E-state index in [9.17, 15) is 0 Å². The fraction of sp³-hybridized carbons (Fsp3) is 1.00. The number of piperidine rings is 1. The molecule has 0 aromatic carbocycles. The summed E-state index contributed by atoms with van der Waals surface area (Å²) >= 11 is 3.40. The van der Waals surface area contributed by atoms with Gasteiger partial charge < -0.3 is 11.1 Å². The van der Waals surface area contributed by atoms with E-state index >= 15 is 0 Å². The van der Waals surface area contributed by atoms with Crippen LogP contribution >= 0.6 is 15.9 Å². The van der Waals surface area contributed by atoms with Crippen molar-refractivity contribution in [2.24, 2.45) is 5.73 Å². The molecule has 3 heteroatoms. The number of nitrogens with one attached hydrogen (secondary N) is 1. The van der Waals surface area contributed by atoms with Gasteiger partial charge in [-0.3, -0.25) is 0 Å². The molecular weight excluding hydrogens is 180 g/mol. The molecule has 3 N–H and O–H groups in total. The fourth-order valence-corrected chi connectivity index (χ4v) is 1.58. The Morgan fingerprint density at radius 3 is 2.78 bits per heavy atom. The normalized spacial score (nSPS) is 36.7. The minimum absolute atomic E-state index is 0.0260. The van der Waals surface area contributed by atoms with Crippen LogP contribution in [0.3, 0.4) is 0 Å². The zero-order chi connectivity index (χ0) is 6.74. The zero-order valence-corrected chi connectivity index (χ0v) is 7.08. The van der Waals surface area contributed by atoms with Crippen molar-refractivity contribution in [2.75, 3.05) is 18.4 Å². The smallest absolute Gasteiger partial charge is 0.0379 e. The van der Waals surface area contributed by atoms with E-state index in [1.807, 2.05) is 0 Å². The Bertz CT molecular complexity index is 89.1. The van der Waals surface area contributed by atoms with E-state index < -0.39 is 0 Å². The Balaban J connectivity index is 2.37. The average molecular weight is 193 g/mol. The van der Waals surface area contributed by atoms with Gasteiger partial charge >= 0.3 is 0 Å². The van der Waals surface area contributed by atoms with Gasteiger partial charge in [-0.25, -0.2) is 0 Å². The number of nitrogens with two attached hydrogens (primary N) is 1. The molecule has 1 aliphatic rings. The molecule has 0 saturated carbocycles. The summed E-state index contributed by atoms with van der Waals surface area (Å²) in [5.74, 6) is 0. The van der Waals surface area contributed by atoms with Crippen LogP contribution in [0.5, 0.6) is 0 Å². The molecule has 0 radical (unpaired) electrons. The highest BCUT2D eigenvalue weighted by atomic mass is 79.9. The third kappa shape index (κ3) is 1.92. The first-order valence-corrected chi connectivity index (χ1v) is 4.45. The Hall–Kier alpha value is 0.400. The summed E-state index contributed by atoms with van der Waals surface area (Å²) < 4.78 is 0. The number of rotatable bonds is 1. The number of hydrogen-bond donors (Lipinski definition) is 2. The van der Waals surface area contributed by atoms with E-state index in [1.165, 1.54) is 6.42 Å². The van der Waals surface area contributed by atoms with Crippen LogP contribution in [0.1, 0.15) is 12.8 Å². The highest BCUT2D eigenvalue weighted by Crippen LogP contribution is 2.14. The molecule has 0 aromatic rings. The Kier molecular flexibility index (Phi) is 2.50. The highest BCUT2D eigenvalue weighted by Gasteiger charge is 2.25. The molecule has 0 bridgehead atoms. The summed E-state index contributed by atoms with van der Waals surface area (Å²) in [5, 5.41) is 4.18. The largest absolute Gasteiger partial charge is 0.323 e. The van der Waals surface area contributed by atoms with Crippen molar-refractivity contribution in [1.29, 1.82) is 0 Å². The lowest BCUT2D eigenvalue weighted by molar-refractivity contribution is 0.349. The minimum atomic E-state index is 0.0260. The van der Waals surface area contributed by atoms with Crippen molar-refractivity contribution in [1.82, 2.24) is 5.32 Å². The van der Waals surface area contributed by atoms with Crippen molar-refractivity contribution >= 4 is 15.9 Å². The predicted molar refractivity (Wildman–Crippen MR) is 42.8 cm³/mol. The first-order valence-electron chi connectivity index (χ1n) is 3.32. The SMILES string of the molecule is NC1(CBr)CCCNC1. The van der Waals surface area contributed by atoms with Gasteiger partial charge in [-0.15, -0.1) is 0 Å². The van der Waals surface area contributed by atoms with Gasteiger partial charge in [-0.2, -0.15) is 0 Å². The molecule has 0 aromatic heterocycles. The monoisotopic (exact) mass is 192 g/mol. The number of alkyl halides is 1. The Labute approximate surface area is 64.3 Å². The van der Waals surface area contributed by atoms with Crippen LogP contribution in [0.15, 0.2) is 0 Å². The fourth-order valence-electron chi connectivity index (χ4n) is 1.11. The minimum Gasteiger partial charge on any atom is -0.323 e. The second-order valence-electron chi connectivity index (χ2n) is 2.78. The van der Waals surface area contributed by atoms with Crippen LogP contribution in [0, 0.1) is 0 Å². The van der Waals surface area contributed by atoms with E-state index in [0.29, 0.717) is 0 Å². The van der Waals surface area contributed by atoms with E-state index in [0.717, 1.165) is 24.8 Å². The molecule has 54 valence electrons. The zero-order valence-electron chi connectivity index (χ0n) is 5.49. The topological polar surface area (TPSA) is 38.0 Å². The van der Waals surface area contributed by atoms with Gasteiger partial charge in [0.25, 0.3) is 0 Å². The van der Waals surface area contributed by atoms with Crippen LogP contribution < -0.4 is 11.1 Å². The molecule has 0 amide bonds. The second kappa shape index (κ2) is 2.99.